The van der Waals surface area contributed by atoms with E-state index in [4.69, 9.17) is 4.74 Å². The highest BCUT2D eigenvalue weighted by Gasteiger charge is 2.58. The van der Waals surface area contributed by atoms with Crippen molar-refractivity contribution in [2.24, 2.45) is 5.92 Å². The molecule has 3 atom stereocenters. The maximum Gasteiger partial charge on any atom is 0.124 e. The fraction of sp³-hybridized carbons (Fsp3) is 0.562. The molecule has 100 valence electrons. The molecule has 1 aliphatic heterocycles. The Hall–Kier alpha value is -1.53. The van der Waals surface area contributed by atoms with Crippen LogP contribution >= 0.6 is 0 Å². The van der Waals surface area contributed by atoms with E-state index >= 15 is 0 Å². The number of nitrogens with zero attached hydrogens (tertiary/aromatic N) is 1. The van der Waals surface area contributed by atoms with Gasteiger partial charge in [0.2, 0.25) is 0 Å². The van der Waals surface area contributed by atoms with Crippen LogP contribution in [0, 0.1) is 17.2 Å². The third-order valence-electron chi connectivity index (χ3n) is 5.02. The number of aliphatic hydroxyl groups is 1. The number of hydrogen-bond acceptors (Lipinski definition) is 3. The van der Waals surface area contributed by atoms with Gasteiger partial charge in [0.05, 0.1) is 18.3 Å². The second-order valence-corrected chi connectivity index (χ2v) is 5.83. The van der Waals surface area contributed by atoms with Gasteiger partial charge in [-0.3, -0.25) is 0 Å². The highest BCUT2D eigenvalue weighted by Crippen LogP contribution is 2.53. The summed E-state index contributed by atoms with van der Waals surface area (Å²) in [5, 5.41) is 21.1. The Kier molecular flexibility index (Phi) is 2.79. The maximum atomic E-state index is 11.2. The Bertz CT molecular complexity index is 536. The Labute approximate surface area is 113 Å². The molecule has 3 rings (SSSR count). The van der Waals surface area contributed by atoms with Gasteiger partial charge in [0, 0.05) is 12.0 Å². The molecular weight excluding hydrogens is 238 g/mol. The number of ether oxygens (including phenoxy) is 1. The number of nitriles is 1. The van der Waals surface area contributed by atoms with Gasteiger partial charge in [0.1, 0.15) is 11.2 Å². The molecule has 0 spiro atoms. The standard InChI is InChI=1S/C16H19NO2/c1-12-5-4-8-16(12,18)15(11-17)9-10-19-14-7-3-2-6-13(14)15/h2-3,6-7,12,18H,4-5,8-10H2,1H3. The highest BCUT2D eigenvalue weighted by atomic mass is 16.5. The summed E-state index contributed by atoms with van der Waals surface area (Å²) in [5.74, 6) is 0.904. The molecule has 3 heteroatoms. The number of para-hydroxylation sites is 1. The van der Waals surface area contributed by atoms with Gasteiger partial charge in [-0.25, -0.2) is 0 Å². The van der Waals surface area contributed by atoms with Crippen LogP contribution in [0.4, 0.5) is 0 Å². The van der Waals surface area contributed by atoms with E-state index < -0.39 is 11.0 Å². The quantitative estimate of drug-likeness (QED) is 0.841. The van der Waals surface area contributed by atoms with E-state index in [1.807, 2.05) is 24.3 Å². The summed E-state index contributed by atoms with van der Waals surface area (Å²) in [7, 11) is 0. The molecule has 3 unspecified atom stereocenters. The minimum absolute atomic E-state index is 0.151. The summed E-state index contributed by atoms with van der Waals surface area (Å²) in [6, 6.07) is 10.1. The van der Waals surface area contributed by atoms with Gasteiger partial charge in [-0.2, -0.15) is 5.26 Å². The van der Waals surface area contributed by atoms with E-state index in [0.29, 0.717) is 19.4 Å². The van der Waals surface area contributed by atoms with Crippen molar-refractivity contribution in [2.75, 3.05) is 6.61 Å². The van der Waals surface area contributed by atoms with Crippen molar-refractivity contribution in [3.8, 4) is 11.8 Å². The molecule has 1 heterocycles. The zero-order valence-electron chi connectivity index (χ0n) is 11.2. The predicted molar refractivity (Wildman–Crippen MR) is 71.8 cm³/mol. The Balaban J connectivity index is 2.19. The summed E-state index contributed by atoms with van der Waals surface area (Å²) in [6.45, 7) is 2.56. The molecule has 1 aromatic carbocycles. The minimum Gasteiger partial charge on any atom is -0.493 e. The molecule has 3 nitrogen and oxygen atoms in total. The normalized spacial score (nSPS) is 37.2. The van der Waals surface area contributed by atoms with Crippen molar-refractivity contribution in [1.29, 1.82) is 5.26 Å². The first kappa shape index (κ1) is 12.5. The van der Waals surface area contributed by atoms with Gasteiger partial charge in [0.15, 0.2) is 0 Å². The van der Waals surface area contributed by atoms with Gasteiger partial charge in [-0.1, -0.05) is 31.5 Å². The summed E-state index contributed by atoms with van der Waals surface area (Å²) in [6.07, 6.45) is 3.25. The van der Waals surface area contributed by atoms with Gasteiger partial charge in [-0.15, -0.1) is 0 Å². The lowest BCUT2D eigenvalue weighted by atomic mass is 9.61. The van der Waals surface area contributed by atoms with Crippen LogP contribution in [0.2, 0.25) is 0 Å². The summed E-state index contributed by atoms with van der Waals surface area (Å²) in [4.78, 5) is 0. The average Bonchev–Trinajstić information content (AvgIpc) is 2.79. The van der Waals surface area contributed by atoms with Gasteiger partial charge >= 0.3 is 0 Å². The zero-order chi connectivity index (χ0) is 13.5. The lowest BCUT2D eigenvalue weighted by Crippen LogP contribution is -2.54. The zero-order valence-corrected chi connectivity index (χ0v) is 11.2. The number of hydrogen-bond donors (Lipinski definition) is 1. The third-order valence-corrected chi connectivity index (χ3v) is 5.02. The van der Waals surface area contributed by atoms with E-state index in [1.165, 1.54) is 0 Å². The van der Waals surface area contributed by atoms with Crippen molar-refractivity contribution in [3.63, 3.8) is 0 Å². The van der Waals surface area contributed by atoms with Crippen molar-refractivity contribution in [2.45, 2.75) is 43.6 Å². The molecule has 0 aromatic heterocycles. The Morgan fingerprint density at radius 1 is 1.37 bits per heavy atom. The van der Waals surface area contributed by atoms with Crippen molar-refractivity contribution in [1.82, 2.24) is 0 Å². The van der Waals surface area contributed by atoms with Gasteiger partial charge in [-0.05, 0) is 24.8 Å². The minimum atomic E-state index is -0.929. The third kappa shape index (κ3) is 1.53. The van der Waals surface area contributed by atoms with Crippen LogP contribution in [0.25, 0.3) is 0 Å². The highest BCUT2D eigenvalue weighted by molar-refractivity contribution is 5.48. The van der Waals surface area contributed by atoms with E-state index in [1.54, 1.807) is 0 Å². The molecule has 0 saturated heterocycles. The summed E-state index contributed by atoms with van der Waals surface area (Å²) < 4.78 is 5.66. The molecule has 0 radical (unpaired) electrons. The monoisotopic (exact) mass is 257 g/mol. The maximum absolute atomic E-state index is 11.2. The van der Waals surface area contributed by atoms with Crippen LogP contribution in [-0.2, 0) is 5.41 Å². The van der Waals surface area contributed by atoms with Gasteiger partial charge in [0.25, 0.3) is 0 Å². The SMILES string of the molecule is CC1CCCC1(O)C1(C#N)CCOc2ccccc21. The smallest absolute Gasteiger partial charge is 0.124 e. The van der Waals surface area contributed by atoms with Crippen LogP contribution in [0.5, 0.6) is 5.75 Å². The largest absolute Gasteiger partial charge is 0.493 e. The second-order valence-electron chi connectivity index (χ2n) is 5.83. The fourth-order valence-electron chi connectivity index (χ4n) is 3.85. The lowest BCUT2D eigenvalue weighted by Gasteiger charge is -2.46. The van der Waals surface area contributed by atoms with E-state index in [-0.39, 0.29) is 5.92 Å². The van der Waals surface area contributed by atoms with Crippen molar-refractivity contribution < 1.29 is 9.84 Å². The lowest BCUT2D eigenvalue weighted by molar-refractivity contribution is -0.0574. The number of benzene rings is 1. The van der Waals surface area contributed by atoms with Crippen LogP contribution in [0.3, 0.4) is 0 Å². The first-order valence-electron chi connectivity index (χ1n) is 7.00. The van der Waals surface area contributed by atoms with Crippen LogP contribution in [0.15, 0.2) is 24.3 Å². The molecule has 1 aromatic rings. The summed E-state index contributed by atoms with van der Waals surface area (Å²) in [5.41, 5.74) is -0.889. The molecule has 0 amide bonds. The molecule has 2 aliphatic rings. The van der Waals surface area contributed by atoms with Crippen molar-refractivity contribution in [3.05, 3.63) is 29.8 Å². The topological polar surface area (TPSA) is 53.2 Å². The first-order valence-corrected chi connectivity index (χ1v) is 7.00. The molecule has 0 bridgehead atoms. The van der Waals surface area contributed by atoms with Crippen LogP contribution in [-0.4, -0.2) is 17.3 Å². The predicted octanol–water partition coefficient (Wildman–Crippen LogP) is 2.78. The number of fused-ring (bicyclic) bond motifs is 1. The average molecular weight is 257 g/mol. The molecule has 1 saturated carbocycles. The molecule has 19 heavy (non-hydrogen) atoms. The van der Waals surface area contributed by atoms with Gasteiger partial charge < -0.3 is 9.84 Å². The summed E-state index contributed by atoms with van der Waals surface area (Å²) >= 11 is 0. The van der Waals surface area contributed by atoms with Crippen LogP contribution in [0.1, 0.15) is 38.2 Å². The number of rotatable bonds is 1. The molecule has 1 aliphatic carbocycles. The molecular formula is C16H19NO2. The molecule has 1 N–H and O–H groups in total. The van der Waals surface area contributed by atoms with Crippen LogP contribution < -0.4 is 4.74 Å². The van der Waals surface area contributed by atoms with Crippen molar-refractivity contribution >= 4 is 0 Å². The van der Waals surface area contributed by atoms with E-state index in [9.17, 15) is 10.4 Å². The van der Waals surface area contributed by atoms with E-state index in [0.717, 1.165) is 24.2 Å². The first-order chi connectivity index (χ1) is 9.14. The second kappa shape index (κ2) is 4.25. The molecule has 1 fully saturated rings. The van der Waals surface area contributed by atoms with E-state index in [2.05, 4.69) is 13.0 Å². The Morgan fingerprint density at radius 2 is 2.16 bits per heavy atom. The fourth-order valence-corrected chi connectivity index (χ4v) is 3.85. The Morgan fingerprint density at radius 3 is 2.84 bits per heavy atom.